The average molecular weight is 242 g/mol. The second-order valence-electron chi connectivity index (χ2n) is 4.02. The Morgan fingerprint density at radius 2 is 1.88 bits per heavy atom. The second-order valence-corrected chi connectivity index (χ2v) is 4.02. The quantitative estimate of drug-likeness (QED) is 0.605. The summed E-state index contributed by atoms with van der Waals surface area (Å²) in [6.45, 7) is 1.35. The van der Waals surface area contributed by atoms with Crippen LogP contribution >= 0.6 is 0 Å². The van der Waals surface area contributed by atoms with Crippen molar-refractivity contribution in [2.45, 2.75) is 12.6 Å². The molecular formula is C12H13F3N2. The van der Waals surface area contributed by atoms with Crippen LogP contribution in [0, 0.1) is 0 Å². The second kappa shape index (κ2) is 4.31. The number of nitrogens with zero attached hydrogens (tertiary/aromatic N) is 1. The lowest BCUT2D eigenvalue weighted by atomic mass is 10.1. The van der Waals surface area contributed by atoms with Gasteiger partial charge in [-0.15, -0.1) is 0 Å². The van der Waals surface area contributed by atoms with Gasteiger partial charge in [0.2, 0.25) is 0 Å². The first-order valence-corrected chi connectivity index (χ1v) is 5.34. The van der Waals surface area contributed by atoms with Crippen molar-refractivity contribution in [1.82, 2.24) is 0 Å². The molecule has 0 bridgehead atoms. The van der Waals surface area contributed by atoms with Gasteiger partial charge in [-0.1, -0.05) is 12.2 Å². The van der Waals surface area contributed by atoms with Crippen LogP contribution < -0.4 is 10.6 Å². The van der Waals surface area contributed by atoms with Gasteiger partial charge >= 0.3 is 6.18 Å². The van der Waals surface area contributed by atoms with Crippen molar-refractivity contribution in [2.75, 3.05) is 23.7 Å². The van der Waals surface area contributed by atoms with Gasteiger partial charge in [-0.3, -0.25) is 0 Å². The van der Waals surface area contributed by atoms with E-state index in [1.807, 2.05) is 17.1 Å². The molecule has 2 nitrogen and oxygen atoms in total. The van der Waals surface area contributed by atoms with Gasteiger partial charge in [0.25, 0.3) is 0 Å². The van der Waals surface area contributed by atoms with E-state index in [4.69, 9.17) is 5.73 Å². The first kappa shape index (κ1) is 11.8. The molecule has 0 saturated heterocycles. The Kier molecular flexibility index (Phi) is 3.00. The van der Waals surface area contributed by atoms with Crippen LogP contribution in [0.5, 0.6) is 0 Å². The minimum absolute atomic E-state index is 0.143. The Balaban J connectivity index is 2.34. The van der Waals surface area contributed by atoms with Gasteiger partial charge in [-0.2, -0.15) is 13.2 Å². The number of hydrogen-bond acceptors (Lipinski definition) is 2. The van der Waals surface area contributed by atoms with E-state index in [2.05, 4.69) is 0 Å². The zero-order valence-corrected chi connectivity index (χ0v) is 9.17. The molecule has 17 heavy (non-hydrogen) atoms. The number of anilines is 2. The van der Waals surface area contributed by atoms with Crippen molar-refractivity contribution in [2.24, 2.45) is 0 Å². The maximum Gasteiger partial charge on any atom is 0.416 e. The van der Waals surface area contributed by atoms with Crippen molar-refractivity contribution in [3.8, 4) is 0 Å². The monoisotopic (exact) mass is 242 g/mol. The smallest absolute Gasteiger partial charge is 0.399 e. The fourth-order valence-electron chi connectivity index (χ4n) is 1.86. The van der Waals surface area contributed by atoms with Gasteiger partial charge in [0.05, 0.1) is 5.56 Å². The molecule has 1 aromatic carbocycles. The number of benzene rings is 1. The van der Waals surface area contributed by atoms with Crippen LogP contribution in [0.4, 0.5) is 24.5 Å². The summed E-state index contributed by atoms with van der Waals surface area (Å²) in [5.74, 6) is 0. The van der Waals surface area contributed by atoms with E-state index in [9.17, 15) is 13.2 Å². The number of halogens is 3. The van der Waals surface area contributed by atoms with E-state index in [-0.39, 0.29) is 5.69 Å². The summed E-state index contributed by atoms with van der Waals surface area (Å²) in [6.07, 6.45) is 0.458. The third-order valence-electron chi connectivity index (χ3n) is 2.69. The van der Waals surface area contributed by atoms with Gasteiger partial charge in [0.1, 0.15) is 0 Å². The van der Waals surface area contributed by atoms with Gasteiger partial charge in [0.15, 0.2) is 0 Å². The maximum absolute atomic E-state index is 12.6. The highest BCUT2D eigenvalue weighted by molar-refractivity contribution is 5.59. The van der Waals surface area contributed by atoms with Gasteiger partial charge in [0, 0.05) is 24.5 Å². The maximum atomic E-state index is 12.6. The fourth-order valence-corrected chi connectivity index (χ4v) is 1.86. The van der Waals surface area contributed by atoms with Crippen LogP contribution in [0.2, 0.25) is 0 Å². The Morgan fingerprint density at radius 3 is 2.47 bits per heavy atom. The highest BCUT2D eigenvalue weighted by atomic mass is 19.4. The van der Waals surface area contributed by atoms with Crippen molar-refractivity contribution >= 4 is 11.4 Å². The molecule has 92 valence electrons. The van der Waals surface area contributed by atoms with Crippen molar-refractivity contribution in [3.05, 3.63) is 35.9 Å². The highest BCUT2D eigenvalue weighted by Crippen LogP contribution is 2.34. The standard InChI is InChI=1S/C12H13F3N2/c13-12(14,15)9-6-10(16)8-11(7-9)17-4-2-1-3-5-17/h1-2,6-8H,3-5,16H2. The van der Waals surface area contributed by atoms with Crippen LogP contribution in [0.15, 0.2) is 30.4 Å². The Bertz CT molecular complexity index is 438. The van der Waals surface area contributed by atoms with Gasteiger partial charge in [-0.05, 0) is 24.6 Å². The van der Waals surface area contributed by atoms with E-state index in [0.29, 0.717) is 12.2 Å². The fraction of sp³-hybridized carbons (Fsp3) is 0.333. The lowest BCUT2D eigenvalue weighted by molar-refractivity contribution is -0.137. The summed E-state index contributed by atoms with van der Waals surface area (Å²) >= 11 is 0. The van der Waals surface area contributed by atoms with E-state index in [0.717, 1.165) is 25.1 Å². The third kappa shape index (κ3) is 2.72. The number of alkyl halides is 3. The first-order chi connectivity index (χ1) is 7.97. The summed E-state index contributed by atoms with van der Waals surface area (Å²) in [5, 5.41) is 0. The average Bonchev–Trinajstić information content (AvgIpc) is 2.28. The van der Waals surface area contributed by atoms with Crippen LogP contribution in [0.3, 0.4) is 0 Å². The van der Waals surface area contributed by atoms with Crippen LogP contribution in [-0.2, 0) is 6.18 Å². The molecule has 0 amide bonds. The lowest BCUT2D eigenvalue weighted by Gasteiger charge is -2.26. The zero-order chi connectivity index (χ0) is 12.5. The van der Waals surface area contributed by atoms with E-state index in [1.54, 1.807) is 6.07 Å². The summed E-state index contributed by atoms with van der Waals surface area (Å²) in [4.78, 5) is 1.88. The summed E-state index contributed by atoms with van der Waals surface area (Å²) < 4.78 is 37.9. The molecule has 0 aliphatic carbocycles. The Labute approximate surface area is 97.5 Å². The van der Waals surface area contributed by atoms with E-state index >= 15 is 0 Å². The molecule has 0 unspecified atom stereocenters. The third-order valence-corrected chi connectivity index (χ3v) is 2.69. The van der Waals surface area contributed by atoms with Gasteiger partial charge < -0.3 is 10.6 Å². The molecule has 1 aliphatic heterocycles. The summed E-state index contributed by atoms with van der Waals surface area (Å²) in [7, 11) is 0. The van der Waals surface area contributed by atoms with Crippen LogP contribution in [0.25, 0.3) is 0 Å². The normalized spacial score (nSPS) is 16.3. The number of hydrogen-bond donors (Lipinski definition) is 1. The molecular weight excluding hydrogens is 229 g/mol. The Morgan fingerprint density at radius 1 is 1.12 bits per heavy atom. The minimum Gasteiger partial charge on any atom is -0.399 e. The molecule has 0 radical (unpaired) electrons. The molecule has 0 aromatic heterocycles. The molecule has 0 fully saturated rings. The molecule has 1 heterocycles. The molecule has 2 rings (SSSR count). The van der Waals surface area contributed by atoms with Gasteiger partial charge in [-0.25, -0.2) is 0 Å². The van der Waals surface area contributed by atoms with Crippen molar-refractivity contribution in [1.29, 1.82) is 0 Å². The van der Waals surface area contributed by atoms with E-state index in [1.165, 1.54) is 0 Å². The molecule has 1 aliphatic rings. The minimum atomic E-state index is -4.35. The number of rotatable bonds is 1. The number of nitrogens with two attached hydrogens (primary N) is 1. The van der Waals surface area contributed by atoms with E-state index < -0.39 is 11.7 Å². The van der Waals surface area contributed by atoms with Crippen molar-refractivity contribution in [3.63, 3.8) is 0 Å². The highest BCUT2D eigenvalue weighted by Gasteiger charge is 2.31. The van der Waals surface area contributed by atoms with Crippen LogP contribution in [-0.4, -0.2) is 13.1 Å². The largest absolute Gasteiger partial charge is 0.416 e. The first-order valence-electron chi connectivity index (χ1n) is 5.34. The van der Waals surface area contributed by atoms with Crippen LogP contribution in [0.1, 0.15) is 12.0 Å². The zero-order valence-electron chi connectivity index (χ0n) is 9.17. The molecule has 0 saturated carbocycles. The molecule has 1 aromatic rings. The van der Waals surface area contributed by atoms with Crippen molar-refractivity contribution < 1.29 is 13.2 Å². The summed E-state index contributed by atoms with van der Waals surface area (Å²) in [6, 6.07) is 3.69. The molecule has 2 N–H and O–H groups in total. The topological polar surface area (TPSA) is 29.3 Å². The number of nitrogen functional groups attached to an aromatic ring is 1. The Hall–Kier alpha value is -1.65. The molecule has 5 heteroatoms. The predicted molar refractivity (Wildman–Crippen MR) is 61.8 cm³/mol. The summed E-state index contributed by atoms with van der Waals surface area (Å²) in [5.41, 5.74) is 5.50. The molecule has 0 atom stereocenters. The molecule has 0 spiro atoms. The SMILES string of the molecule is Nc1cc(N2CC=CCC2)cc(C(F)(F)F)c1. The lowest BCUT2D eigenvalue weighted by Crippen LogP contribution is -2.27. The predicted octanol–water partition coefficient (Wildman–Crippen LogP) is 3.05.